The van der Waals surface area contributed by atoms with Gasteiger partial charge in [0.25, 0.3) is 0 Å². The summed E-state index contributed by atoms with van der Waals surface area (Å²) >= 11 is 0. The Labute approximate surface area is 128 Å². The lowest BCUT2D eigenvalue weighted by Gasteiger charge is -2.06. The topological polar surface area (TPSA) is 88.1 Å². The fourth-order valence-corrected chi connectivity index (χ4v) is 1.71. The van der Waals surface area contributed by atoms with Gasteiger partial charge >= 0.3 is 5.97 Å². The standard InChI is InChI=1S/C16H17N3O3/c1-4-22-15(20)14-13(17-19-18-14)12-7-5-11(6-8-12)9-10-16(2,3)21/h5-8,21H,4H2,1-3H3,(H,17,18,19). The van der Waals surface area contributed by atoms with E-state index in [4.69, 9.17) is 4.74 Å². The Morgan fingerprint density at radius 1 is 1.32 bits per heavy atom. The Hall–Kier alpha value is -2.65. The predicted octanol–water partition coefficient (Wildman–Crippen LogP) is 1.77. The minimum absolute atomic E-state index is 0.150. The quantitative estimate of drug-likeness (QED) is 0.666. The molecule has 0 bridgehead atoms. The number of hydrogen-bond acceptors (Lipinski definition) is 5. The van der Waals surface area contributed by atoms with Crippen molar-refractivity contribution < 1.29 is 14.6 Å². The van der Waals surface area contributed by atoms with Gasteiger partial charge in [-0.3, -0.25) is 0 Å². The van der Waals surface area contributed by atoms with Crippen molar-refractivity contribution in [2.45, 2.75) is 26.4 Å². The van der Waals surface area contributed by atoms with Crippen LogP contribution in [0.5, 0.6) is 0 Å². The molecule has 1 aromatic carbocycles. The molecule has 0 amide bonds. The Balaban J connectivity index is 2.26. The number of aromatic amines is 1. The molecule has 0 radical (unpaired) electrons. The third kappa shape index (κ3) is 3.93. The molecule has 1 aromatic heterocycles. The van der Waals surface area contributed by atoms with Crippen LogP contribution in [0, 0.1) is 11.8 Å². The smallest absolute Gasteiger partial charge is 0.361 e. The zero-order chi connectivity index (χ0) is 16.2. The number of rotatable bonds is 3. The van der Waals surface area contributed by atoms with E-state index < -0.39 is 11.6 Å². The maximum absolute atomic E-state index is 11.8. The van der Waals surface area contributed by atoms with Crippen LogP contribution in [0.3, 0.4) is 0 Å². The normalized spacial score (nSPS) is 10.7. The summed E-state index contributed by atoms with van der Waals surface area (Å²) < 4.78 is 4.94. The molecule has 6 nitrogen and oxygen atoms in total. The molecule has 2 N–H and O–H groups in total. The summed E-state index contributed by atoms with van der Waals surface area (Å²) in [5.41, 5.74) is 1.03. The zero-order valence-electron chi connectivity index (χ0n) is 12.7. The molecule has 0 unspecified atom stereocenters. The maximum atomic E-state index is 11.8. The van der Waals surface area contributed by atoms with Crippen molar-refractivity contribution in [1.82, 2.24) is 15.4 Å². The van der Waals surface area contributed by atoms with Gasteiger partial charge in [-0.2, -0.15) is 10.3 Å². The largest absolute Gasteiger partial charge is 0.461 e. The third-order valence-electron chi connectivity index (χ3n) is 2.69. The second kappa shape index (κ2) is 6.41. The molecule has 0 aliphatic rings. The van der Waals surface area contributed by atoms with Crippen LogP contribution in [0.4, 0.5) is 0 Å². The Morgan fingerprint density at radius 3 is 2.59 bits per heavy atom. The van der Waals surface area contributed by atoms with E-state index in [0.717, 1.165) is 11.1 Å². The van der Waals surface area contributed by atoms with Gasteiger partial charge in [-0.25, -0.2) is 4.79 Å². The number of nitrogens with zero attached hydrogens (tertiary/aromatic N) is 2. The van der Waals surface area contributed by atoms with E-state index in [-0.39, 0.29) is 12.3 Å². The predicted molar refractivity (Wildman–Crippen MR) is 81.0 cm³/mol. The van der Waals surface area contributed by atoms with Crippen molar-refractivity contribution >= 4 is 5.97 Å². The van der Waals surface area contributed by atoms with Gasteiger partial charge in [-0.15, -0.1) is 5.10 Å². The summed E-state index contributed by atoms with van der Waals surface area (Å²) in [5.74, 6) is 5.10. The molecule has 0 aliphatic carbocycles. The lowest BCUT2D eigenvalue weighted by Crippen LogP contribution is -2.14. The molecular formula is C16H17N3O3. The van der Waals surface area contributed by atoms with Crippen molar-refractivity contribution in [2.24, 2.45) is 0 Å². The molecule has 2 rings (SSSR count). The first kappa shape index (κ1) is 15.7. The van der Waals surface area contributed by atoms with E-state index in [9.17, 15) is 9.90 Å². The lowest BCUT2D eigenvalue weighted by molar-refractivity contribution is 0.0520. The number of esters is 1. The van der Waals surface area contributed by atoms with E-state index in [2.05, 4.69) is 27.3 Å². The molecule has 22 heavy (non-hydrogen) atoms. The second-order valence-corrected chi connectivity index (χ2v) is 5.13. The second-order valence-electron chi connectivity index (χ2n) is 5.13. The van der Waals surface area contributed by atoms with Crippen LogP contribution < -0.4 is 0 Å². The van der Waals surface area contributed by atoms with Crippen molar-refractivity contribution in [2.75, 3.05) is 6.61 Å². The molecule has 0 aliphatic heterocycles. The number of H-pyrrole nitrogens is 1. The van der Waals surface area contributed by atoms with Crippen LogP contribution in [0.15, 0.2) is 24.3 Å². The number of benzene rings is 1. The fraction of sp³-hybridized carbons (Fsp3) is 0.312. The summed E-state index contributed by atoms with van der Waals surface area (Å²) in [4.78, 5) is 11.8. The molecule has 2 aromatic rings. The number of nitrogens with one attached hydrogen (secondary N) is 1. The Bertz CT molecular complexity index is 716. The maximum Gasteiger partial charge on any atom is 0.361 e. The molecule has 0 saturated carbocycles. The number of aliphatic hydroxyl groups is 1. The minimum atomic E-state index is -1.04. The molecule has 114 valence electrons. The number of carbonyl (C=O) groups excluding carboxylic acids is 1. The highest BCUT2D eigenvalue weighted by atomic mass is 16.5. The van der Waals surface area contributed by atoms with Gasteiger partial charge in [-0.1, -0.05) is 24.0 Å². The van der Waals surface area contributed by atoms with Gasteiger partial charge in [0, 0.05) is 11.1 Å². The van der Waals surface area contributed by atoms with Gasteiger partial charge in [0.2, 0.25) is 0 Å². The highest BCUT2D eigenvalue weighted by molar-refractivity contribution is 5.93. The first-order valence-corrected chi connectivity index (χ1v) is 6.84. The molecule has 0 spiro atoms. The summed E-state index contributed by atoms with van der Waals surface area (Å²) in [7, 11) is 0. The van der Waals surface area contributed by atoms with Crippen LogP contribution in [0.25, 0.3) is 11.3 Å². The van der Waals surface area contributed by atoms with Crippen LogP contribution >= 0.6 is 0 Å². The number of carbonyl (C=O) groups is 1. The van der Waals surface area contributed by atoms with Gasteiger partial charge in [-0.05, 0) is 32.9 Å². The van der Waals surface area contributed by atoms with E-state index in [1.54, 1.807) is 45.0 Å². The van der Waals surface area contributed by atoms with Crippen molar-refractivity contribution in [3.8, 4) is 23.1 Å². The van der Waals surface area contributed by atoms with Gasteiger partial charge < -0.3 is 9.84 Å². The number of aromatic nitrogens is 3. The van der Waals surface area contributed by atoms with Crippen LogP contribution in [0.1, 0.15) is 36.8 Å². The summed E-state index contributed by atoms with van der Waals surface area (Å²) in [5, 5.41) is 19.8. The van der Waals surface area contributed by atoms with Crippen LogP contribution in [-0.4, -0.2) is 38.7 Å². The number of hydrogen-bond donors (Lipinski definition) is 2. The average molecular weight is 299 g/mol. The lowest BCUT2D eigenvalue weighted by atomic mass is 10.1. The summed E-state index contributed by atoms with van der Waals surface area (Å²) in [6.45, 7) is 5.25. The van der Waals surface area contributed by atoms with E-state index in [1.807, 2.05) is 0 Å². The monoisotopic (exact) mass is 299 g/mol. The van der Waals surface area contributed by atoms with Gasteiger partial charge in [0.1, 0.15) is 11.3 Å². The Morgan fingerprint density at radius 2 is 2.00 bits per heavy atom. The minimum Gasteiger partial charge on any atom is -0.461 e. The SMILES string of the molecule is CCOC(=O)c1n[nH]nc1-c1ccc(C#CC(C)(C)O)cc1. The highest BCUT2D eigenvalue weighted by Gasteiger charge is 2.18. The molecule has 1 heterocycles. The summed E-state index contributed by atoms with van der Waals surface area (Å²) in [6.07, 6.45) is 0. The van der Waals surface area contributed by atoms with Crippen LogP contribution in [0.2, 0.25) is 0 Å². The fourth-order valence-electron chi connectivity index (χ4n) is 1.71. The molecule has 0 atom stereocenters. The molecule has 6 heteroatoms. The average Bonchev–Trinajstić information content (AvgIpc) is 2.94. The Kier molecular flexibility index (Phi) is 4.59. The van der Waals surface area contributed by atoms with E-state index in [1.165, 1.54) is 0 Å². The molecule has 0 fully saturated rings. The molecule has 0 saturated heterocycles. The first-order chi connectivity index (χ1) is 10.4. The zero-order valence-corrected chi connectivity index (χ0v) is 12.7. The summed E-state index contributed by atoms with van der Waals surface area (Å²) in [6, 6.07) is 7.15. The van der Waals surface area contributed by atoms with E-state index >= 15 is 0 Å². The molecular weight excluding hydrogens is 282 g/mol. The first-order valence-electron chi connectivity index (χ1n) is 6.84. The van der Waals surface area contributed by atoms with E-state index in [0.29, 0.717) is 5.69 Å². The van der Waals surface area contributed by atoms with Gasteiger partial charge in [0.05, 0.1) is 6.61 Å². The van der Waals surface area contributed by atoms with Gasteiger partial charge in [0.15, 0.2) is 5.69 Å². The van der Waals surface area contributed by atoms with Crippen molar-refractivity contribution in [3.63, 3.8) is 0 Å². The number of ether oxygens (including phenoxy) is 1. The highest BCUT2D eigenvalue weighted by Crippen LogP contribution is 2.20. The van der Waals surface area contributed by atoms with Crippen molar-refractivity contribution in [1.29, 1.82) is 0 Å². The van der Waals surface area contributed by atoms with Crippen LogP contribution in [-0.2, 0) is 4.74 Å². The third-order valence-corrected chi connectivity index (χ3v) is 2.69. The van der Waals surface area contributed by atoms with Crippen molar-refractivity contribution in [3.05, 3.63) is 35.5 Å².